The molecule has 35 heavy (non-hydrogen) atoms. The fourth-order valence-electron chi connectivity index (χ4n) is 3.50. The van der Waals surface area contributed by atoms with Gasteiger partial charge in [-0.25, -0.2) is 5.43 Å². The van der Waals surface area contributed by atoms with Gasteiger partial charge in [0.2, 0.25) is 0 Å². The van der Waals surface area contributed by atoms with Gasteiger partial charge in [-0.3, -0.25) is 9.59 Å². The minimum absolute atomic E-state index is 0.0985. The van der Waals surface area contributed by atoms with Crippen LogP contribution in [0.5, 0.6) is 5.75 Å². The number of hydrazone groups is 1. The number of benzene rings is 3. The average molecular weight is 510 g/mol. The molecule has 0 saturated heterocycles. The zero-order chi connectivity index (χ0) is 25.4. The first kappa shape index (κ1) is 26.1. The molecule has 0 saturated carbocycles. The van der Waals surface area contributed by atoms with E-state index in [1.165, 1.54) is 18.3 Å². The van der Waals surface area contributed by atoms with Gasteiger partial charge >= 0.3 is 0 Å². The quantitative estimate of drug-likeness (QED) is 0.228. The third-order valence-corrected chi connectivity index (χ3v) is 5.66. The number of carbonyl (C=O) groups is 2. The minimum atomic E-state index is -0.823. The molecule has 0 bridgehead atoms. The maximum Gasteiger partial charge on any atom is 0.262 e. The highest BCUT2D eigenvalue weighted by atomic mass is 35.5. The van der Waals surface area contributed by atoms with Gasteiger partial charge in [-0.1, -0.05) is 73.3 Å². The van der Waals surface area contributed by atoms with Gasteiger partial charge in [0.05, 0.1) is 16.8 Å². The van der Waals surface area contributed by atoms with E-state index in [0.717, 1.165) is 10.8 Å². The number of fused-ring (bicyclic) bond motifs is 1. The Balaban J connectivity index is 1.80. The Labute approximate surface area is 214 Å². The van der Waals surface area contributed by atoms with Crippen LogP contribution in [0.3, 0.4) is 0 Å². The average Bonchev–Trinajstić information content (AvgIpc) is 2.82. The van der Waals surface area contributed by atoms with Gasteiger partial charge in [-0.15, -0.1) is 6.42 Å². The molecule has 0 unspecified atom stereocenters. The van der Waals surface area contributed by atoms with Crippen LogP contribution in [0.1, 0.15) is 36.2 Å². The number of nitrogens with zero attached hydrogens (tertiary/aromatic N) is 1. The summed E-state index contributed by atoms with van der Waals surface area (Å²) < 4.78 is 5.65. The maximum absolute atomic E-state index is 12.9. The van der Waals surface area contributed by atoms with Crippen LogP contribution >= 0.6 is 23.2 Å². The molecule has 0 spiro atoms. The zero-order valence-corrected chi connectivity index (χ0v) is 20.9. The summed E-state index contributed by atoms with van der Waals surface area (Å²) in [5, 5.41) is 9.38. The lowest BCUT2D eigenvalue weighted by molar-refractivity contribution is -0.123. The molecular weight excluding hydrogens is 485 g/mol. The summed E-state index contributed by atoms with van der Waals surface area (Å²) >= 11 is 12.1. The van der Waals surface area contributed by atoms with Crippen molar-refractivity contribution in [3.63, 3.8) is 0 Å². The number of rotatable bonds is 9. The number of carbonyl (C=O) groups excluding carboxylic acids is 2. The van der Waals surface area contributed by atoms with Crippen molar-refractivity contribution in [2.24, 2.45) is 11.0 Å². The Morgan fingerprint density at radius 1 is 1.14 bits per heavy atom. The number of ether oxygens (including phenoxy) is 1. The number of amides is 2. The molecule has 2 N–H and O–H groups in total. The topological polar surface area (TPSA) is 79.8 Å². The summed E-state index contributed by atoms with van der Waals surface area (Å²) in [5.41, 5.74) is 3.44. The molecule has 0 heterocycles. The van der Waals surface area contributed by atoms with Gasteiger partial charge in [0.25, 0.3) is 11.8 Å². The normalized spacial score (nSPS) is 11.9. The van der Waals surface area contributed by atoms with Gasteiger partial charge in [-0.05, 0) is 47.4 Å². The molecule has 8 heteroatoms. The van der Waals surface area contributed by atoms with Gasteiger partial charge in [0.1, 0.15) is 18.4 Å². The van der Waals surface area contributed by atoms with Crippen LogP contribution in [0.2, 0.25) is 10.0 Å². The van der Waals surface area contributed by atoms with Gasteiger partial charge in [-0.2, -0.15) is 5.10 Å². The van der Waals surface area contributed by atoms with Crippen LogP contribution < -0.4 is 15.5 Å². The molecule has 6 nitrogen and oxygen atoms in total. The third-order valence-electron chi connectivity index (χ3n) is 5.11. The van der Waals surface area contributed by atoms with E-state index in [1.54, 1.807) is 12.1 Å². The first-order valence-corrected chi connectivity index (χ1v) is 11.7. The molecule has 3 rings (SSSR count). The molecule has 0 fully saturated rings. The van der Waals surface area contributed by atoms with Gasteiger partial charge in [0, 0.05) is 10.6 Å². The lowest BCUT2D eigenvalue weighted by atomic mass is 10.0. The van der Waals surface area contributed by atoms with Crippen LogP contribution in [-0.2, 0) is 4.79 Å². The van der Waals surface area contributed by atoms with Crippen molar-refractivity contribution in [1.29, 1.82) is 0 Å². The van der Waals surface area contributed by atoms with Crippen molar-refractivity contribution in [3.8, 4) is 18.1 Å². The predicted octanol–water partition coefficient (Wildman–Crippen LogP) is 5.45. The molecule has 0 aliphatic carbocycles. The molecule has 3 aromatic carbocycles. The fraction of sp³-hybridized carbons (Fsp3) is 0.222. The van der Waals surface area contributed by atoms with Crippen molar-refractivity contribution in [3.05, 3.63) is 75.8 Å². The van der Waals surface area contributed by atoms with Crippen molar-refractivity contribution in [1.82, 2.24) is 10.7 Å². The molecule has 1 atom stereocenters. The monoisotopic (exact) mass is 509 g/mol. The maximum atomic E-state index is 12.9. The molecule has 0 aliphatic heterocycles. The molecule has 0 aromatic heterocycles. The number of hydrogen-bond acceptors (Lipinski definition) is 4. The van der Waals surface area contributed by atoms with Crippen LogP contribution in [0.25, 0.3) is 10.8 Å². The Bertz CT molecular complexity index is 1300. The SMILES string of the molecule is C#CCOc1ccc2ccccc2c1/C=N\NC(=O)[C@@H](CC(C)C)NC(=O)c1ccc(Cl)cc1Cl. The summed E-state index contributed by atoms with van der Waals surface area (Å²) in [5.74, 6) is 2.19. The van der Waals surface area contributed by atoms with E-state index in [9.17, 15) is 9.59 Å². The summed E-state index contributed by atoms with van der Waals surface area (Å²) in [7, 11) is 0. The van der Waals surface area contributed by atoms with Crippen molar-refractivity contribution < 1.29 is 14.3 Å². The predicted molar refractivity (Wildman–Crippen MR) is 141 cm³/mol. The molecule has 0 radical (unpaired) electrons. The van der Waals surface area contributed by atoms with E-state index in [-0.39, 0.29) is 23.1 Å². The molecule has 180 valence electrons. The smallest absolute Gasteiger partial charge is 0.262 e. The van der Waals surface area contributed by atoms with E-state index in [0.29, 0.717) is 22.8 Å². The Kier molecular flexibility index (Phi) is 9.13. The largest absolute Gasteiger partial charge is 0.480 e. The van der Waals surface area contributed by atoms with Gasteiger partial charge < -0.3 is 10.1 Å². The number of halogens is 2. The fourth-order valence-corrected chi connectivity index (χ4v) is 4.00. The van der Waals surface area contributed by atoms with Crippen LogP contribution in [-0.4, -0.2) is 30.7 Å². The van der Waals surface area contributed by atoms with Gasteiger partial charge in [0.15, 0.2) is 0 Å². The molecule has 3 aromatic rings. The summed E-state index contributed by atoms with van der Waals surface area (Å²) in [6.45, 7) is 4.01. The first-order valence-electron chi connectivity index (χ1n) is 11.0. The highest BCUT2D eigenvalue weighted by molar-refractivity contribution is 6.36. The number of nitrogens with one attached hydrogen (secondary N) is 2. The number of terminal acetylenes is 1. The van der Waals surface area contributed by atoms with Crippen LogP contribution in [0.4, 0.5) is 0 Å². The van der Waals surface area contributed by atoms with E-state index >= 15 is 0 Å². The second-order valence-electron chi connectivity index (χ2n) is 8.21. The van der Waals surface area contributed by atoms with E-state index in [2.05, 4.69) is 21.8 Å². The van der Waals surface area contributed by atoms with Crippen molar-refractivity contribution in [2.45, 2.75) is 26.3 Å². The van der Waals surface area contributed by atoms with Crippen molar-refractivity contribution >= 4 is 52.0 Å². The summed E-state index contributed by atoms with van der Waals surface area (Å²) in [6.07, 6.45) is 7.25. The highest BCUT2D eigenvalue weighted by Gasteiger charge is 2.23. The second-order valence-corrected chi connectivity index (χ2v) is 9.05. The second kappa shape index (κ2) is 12.3. The van der Waals surface area contributed by atoms with Crippen molar-refractivity contribution in [2.75, 3.05) is 6.61 Å². The standard InChI is InChI=1S/C27H25Cl2N3O3/c1-4-13-35-25-12-9-18-7-5-6-8-20(18)22(25)16-30-32-27(34)24(14-17(2)3)31-26(33)21-11-10-19(28)15-23(21)29/h1,5-12,15-17,24H,13-14H2,2-3H3,(H,31,33)(H,32,34)/b30-16-/t24-/m1/s1. The lowest BCUT2D eigenvalue weighted by Crippen LogP contribution is -2.46. The van der Waals surface area contributed by atoms with E-state index in [4.69, 9.17) is 34.4 Å². The van der Waals surface area contributed by atoms with Crippen LogP contribution in [0, 0.1) is 18.3 Å². The Morgan fingerprint density at radius 3 is 2.63 bits per heavy atom. The van der Waals surface area contributed by atoms with E-state index in [1.807, 2.05) is 44.2 Å². The Morgan fingerprint density at radius 2 is 1.91 bits per heavy atom. The minimum Gasteiger partial charge on any atom is -0.480 e. The zero-order valence-electron chi connectivity index (χ0n) is 19.3. The molecule has 2 amide bonds. The Hall–Kier alpha value is -3.53. The van der Waals surface area contributed by atoms with Crippen LogP contribution in [0.15, 0.2) is 59.7 Å². The molecule has 0 aliphatic rings. The first-order chi connectivity index (χ1) is 16.8. The number of hydrogen-bond donors (Lipinski definition) is 2. The summed E-state index contributed by atoms with van der Waals surface area (Å²) in [6, 6.07) is 15.2. The highest BCUT2D eigenvalue weighted by Crippen LogP contribution is 2.27. The summed E-state index contributed by atoms with van der Waals surface area (Å²) in [4.78, 5) is 25.7. The van der Waals surface area contributed by atoms with E-state index < -0.39 is 17.9 Å². The lowest BCUT2D eigenvalue weighted by Gasteiger charge is -2.19. The molecular formula is C27H25Cl2N3O3. The third kappa shape index (κ3) is 6.98.